The van der Waals surface area contributed by atoms with E-state index in [2.05, 4.69) is 43.1 Å². The van der Waals surface area contributed by atoms with Crippen molar-refractivity contribution in [3.8, 4) is 5.75 Å². The fourth-order valence-corrected chi connectivity index (χ4v) is 3.95. The zero-order chi connectivity index (χ0) is 21.7. The van der Waals surface area contributed by atoms with Gasteiger partial charge in [0.15, 0.2) is 0 Å². The summed E-state index contributed by atoms with van der Waals surface area (Å²) < 4.78 is 10.9. The molecule has 1 N–H and O–H groups in total. The Balaban J connectivity index is 1.67. The molecule has 0 spiro atoms. The number of methoxy groups -OCH3 is 1. The van der Waals surface area contributed by atoms with Gasteiger partial charge in [0.25, 0.3) is 5.91 Å². The number of hydrogen-bond acceptors (Lipinski definition) is 4. The standard InChI is InChI=1S/C25H34N2O3/c1-17(2)22-15-23(18(3)14-24(22)29-5)19(4)26-25(28)21-8-6-20(7-9-21)16-27-10-12-30-13-11-27/h6-9,14-15,17,19H,10-13,16H2,1-5H3,(H,26,28)/t19-/m1/s1. The van der Waals surface area contributed by atoms with Crippen molar-refractivity contribution < 1.29 is 14.3 Å². The first kappa shape index (κ1) is 22.3. The van der Waals surface area contributed by atoms with E-state index in [1.807, 2.05) is 31.2 Å². The van der Waals surface area contributed by atoms with Crippen LogP contribution in [0.4, 0.5) is 0 Å². The van der Waals surface area contributed by atoms with Crippen LogP contribution in [0.1, 0.15) is 65.3 Å². The van der Waals surface area contributed by atoms with Gasteiger partial charge in [-0.25, -0.2) is 0 Å². The first-order valence-corrected chi connectivity index (χ1v) is 10.8. The third-order valence-electron chi connectivity index (χ3n) is 5.78. The van der Waals surface area contributed by atoms with Gasteiger partial charge in [-0.2, -0.15) is 0 Å². The van der Waals surface area contributed by atoms with Crippen LogP contribution in [0.5, 0.6) is 5.75 Å². The lowest BCUT2D eigenvalue weighted by Gasteiger charge is -2.26. The summed E-state index contributed by atoms with van der Waals surface area (Å²) in [7, 11) is 1.70. The molecule has 2 aromatic rings. The summed E-state index contributed by atoms with van der Waals surface area (Å²) in [6, 6.07) is 12.1. The van der Waals surface area contributed by atoms with Gasteiger partial charge in [0.05, 0.1) is 26.4 Å². The van der Waals surface area contributed by atoms with Crippen LogP contribution in [0.15, 0.2) is 36.4 Å². The number of nitrogens with zero attached hydrogens (tertiary/aromatic N) is 1. The first-order chi connectivity index (χ1) is 14.4. The van der Waals surface area contributed by atoms with Gasteiger partial charge in [0.2, 0.25) is 0 Å². The molecule has 1 aliphatic heterocycles. The van der Waals surface area contributed by atoms with Gasteiger partial charge in [0, 0.05) is 25.2 Å². The van der Waals surface area contributed by atoms with Crippen LogP contribution in [0, 0.1) is 6.92 Å². The predicted molar refractivity (Wildman–Crippen MR) is 120 cm³/mol. The molecule has 0 aliphatic carbocycles. The van der Waals surface area contributed by atoms with Crippen molar-refractivity contribution in [2.75, 3.05) is 33.4 Å². The molecule has 0 saturated carbocycles. The number of nitrogens with one attached hydrogen (secondary N) is 1. The van der Waals surface area contributed by atoms with Crippen molar-refractivity contribution in [1.82, 2.24) is 10.2 Å². The molecule has 5 nitrogen and oxygen atoms in total. The maximum absolute atomic E-state index is 12.8. The molecule has 1 amide bonds. The van der Waals surface area contributed by atoms with E-state index in [0.29, 0.717) is 11.5 Å². The van der Waals surface area contributed by atoms with Crippen molar-refractivity contribution in [2.24, 2.45) is 0 Å². The zero-order valence-corrected chi connectivity index (χ0v) is 18.8. The van der Waals surface area contributed by atoms with Crippen LogP contribution < -0.4 is 10.1 Å². The fraction of sp³-hybridized carbons (Fsp3) is 0.480. The van der Waals surface area contributed by atoms with Gasteiger partial charge in [0.1, 0.15) is 5.75 Å². The minimum Gasteiger partial charge on any atom is -0.496 e. The summed E-state index contributed by atoms with van der Waals surface area (Å²) in [6.45, 7) is 12.8. The van der Waals surface area contributed by atoms with Crippen LogP contribution >= 0.6 is 0 Å². The summed E-state index contributed by atoms with van der Waals surface area (Å²) >= 11 is 0. The third-order valence-corrected chi connectivity index (χ3v) is 5.78. The monoisotopic (exact) mass is 410 g/mol. The molecule has 3 rings (SSSR count). The highest BCUT2D eigenvalue weighted by Crippen LogP contribution is 2.32. The lowest BCUT2D eigenvalue weighted by Crippen LogP contribution is -2.35. The topological polar surface area (TPSA) is 50.8 Å². The SMILES string of the molecule is COc1cc(C)c([C@@H](C)NC(=O)c2ccc(CN3CCOCC3)cc2)cc1C(C)C. The van der Waals surface area contributed by atoms with Crippen molar-refractivity contribution in [3.63, 3.8) is 0 Å². The molecule has 162 valence electrons. The minimum atomic E-state index is -0.0890. The maximum atomic E-state index is 12.8. The highest BCUT2D eigenvalue weighted by molar-refractivity contribution is 5.94. The van der Waals surface area contributed by atoms with Crippen molar-refractivity contribution in [1.29, 1.82) is 0 Å². The molecule has 1 atom stereocenters. The highest BCUT2D eigenvalue weighted by Gasteiger charge is 2.18. The van der Waals surface area contributed by atoms with E-state index in [-0.39, 0.29) is 11.9 Å². The summed E-state index contributed by atoms with van der Waals surface area (Å²) in [6.07, 6.45) is 0. The van der Waals surface area contributed by atoms with Crippen molar-refractivity contribution in [2.45, 2.75) is 46.2 Å². The Hall–Kier alpha value is -2.37. The van der Waals surface area contributed by atoms with E-state index in [4.69, 9.17) is 9.47 Å². The molecule has 2 aromatic carbocycles. The van der Waals surface area contributed by atoms with Gasteiger partial charge in [-0.15, -0.1) is 0 Å². The number of aryl methyl sites for hydroxylation is 1. The number of morpholine rings is 1. The van der Waals surface area contributed by atoms with Gasteiger partial charge in [-0.1, -0.05) is 26.0 Å². The first-order valence-electron chi connectivity index (χ1n) is 10.8. The van der Waals surface area contributed by atoms with Crippen LogP contribution in [0.3, 0.4) is 0 Å². The number of carbonyl (C=O) groups is 1. The molecule has 30 heavy (non-hydrogen) atoms. The van der Waals surface area contributed by atoms with E-state index in [9.17, 15) is 4.79 Å². The third kappa shape index (κ3) is 5.41. The fourth-order valence-electron chi connectivity index (χ4n) is 3.95. The van der Waals surface area contributed by atoms with Crippen LogP contribution in [0.2, 0.25) is 0 Å². The maximum Gasteiger partial charge on any atom is 0.251 e. The van der Waals surface area contributed by atoms with E-state index in [1.54, 1.807) is 7.11 Å². The molecule has 1 saturated heterocycles. The van der Waals surface area contributed by atoms with Crippen molar-refractivity contribution in [3.05, 3.63) is 64.2 Å². The molecular weight excluding hydrogens is 376 g/mol. The quantitative estimate of drug-likeness (QED) is 0.733. The van der Waals surface area contributed by atoms with Gasteiger partial charge >= 0.3 is 0 Å². The lowest BCUT2D eigenvalue weighted by atomic mass is 9.93. The highest BCUT2D eigenvalue weighted by atomic mass is 16.5. The Morgan fingerprint density at radius 2 is 1.77 bits per heavy atom. The number of amides is 1. The van der Waals surface area contributed by atoms with E-state index in [0.717, 1.165) is 55.3 Å². The second kappa shape index (κ2) is 10.1. The van der Waals surface area contributed by atoms with Gasteiger partial charge < -0.3 is 14.8 Å². The zero-order valence-electron chi connectivity index (χ0n) is 18.8. The van der Waals surface area contributed by atoms with Crippen LogP contribution in [0.25, 0.3) is 0 Å². The van der Waals surface area contributed by atoms with Crippen LogP contribution in [-0.4, -0.2) is 44.2 Å². The largest absolute Gasteiger partial charge is 0.496 e. The molecule has 0 aromatic heterocycles. The molecule has 1 aliphatic rings. The molecule has 5 heteroatoms. The number of ether oxygens (including phenoxy) is 2. The Kier molecular flexibility index (Phi) is 7.51. The summed E-state index contributed by atoms with van der Waals surface area (Å²) in [5.41, 5.74) is 5.30. The molecule has 0 bridgehead atoms. The normalized spacial score (nSPS) is 15.8. The molecule has 0 radical (unpaired) electrons. The Morgan fingerprint density at radius 3 is 2.37 bits per heavy atom. The average Bonchev–Trinajstić information content (AvgIpc) is 2.74. The molecule has 1 heterocycles. The van der Waals surface area contributed by atoms with E-state index >= 15 is 0 Å². The number of carbonyl (C=O) groups excluding carboxylic acids is 1. The second-order valence-electron chi connectivity index (χ2n) is 8.39. The van der Waals surface area contributed by atoms with Crippen LogP contribution in [-0.2, 0) is 11.3 Å². The number of benzene rings is 2. The summed E-state index contributed by atoms with van der Waals surface area (Å²) in [4.78, 5) is 15.2. The van der Waals surface area contributed by atoms with E-state index < -0.39 is 0 Å². The average molecular weight is 411 g/mol. The van der Waals surface area contributed by atoms with Gasteiger partial charge in [-0.3, -0.25) is 9.69 Å². The molecule has 1 fully saturated rings. The predicted octanol–water partition coefficient (Wildman–Crippen LogP) is 4.45. The Labute approximate surface area is 180 Å². The number of rotatable bonds is 7. The van der Waals surface area contributed by atoms with E-state index in [1.165, 1.54) is 5.56 Å². The molecule has 0 unspecified atom stereocenters. The number of hydrogen-bond donors (Lipinski definition) is 1. The Bertz CT molecular complexity index is 855. The van der Waals surface area contributed by atoms with Gasteiger partial charge in [-0.05, 0) is 66.3 Å². The second-order valence-corrected chi connectivity index (χ2v) is 8.39. The molecular formula is C25H34N2O3. The van der Waals surface area contributed by atoms with Crippen molar-refractivity contribution >= 4 is 5.91 Å². The summed E-state index contributed by atoms with van der Waals surface area (Å²) in [5, 5.41) is 3.15. The smallest absolute Gasteiger partial charge is 0.251 e. The summed E-state index contributed by atoms with van der Waals surface area (Å²) in [5.74, 6) is 1.20. The Morgan fingerprint density at radius 1 is 1.10 bits per heavy atom. The lowest BCUT2D eigenvalue weighted by molar-refractivity contribution is 0.0342. The minimum absolute atomic E-state index is 0.0539.